The Labute approximate surface area is 125 Å². The lowest BCUT2D eigenvalue weighted by molar-refractivity contribution is -0.528. The van der Waals surface area contributed by atoms with E-state index in [9.17, 15) is 4.79 Å². The number of carbonyl (C=O) groups excluding carboxylic acids is 1. The van der Waals surface area contributed by atoms with Gasteiger partial charge in [0.1, 0.15) is 6.61 Å². The molecule has 0 spiro atoms. The number of fused-ring (bicyclic) bond motifs is 1. The highest BCUT2D eigenvalue weighted by molar-refractivity contribution is 6.67. The quantitative estimate of drug-likeness (QED) is 0.750. The summed E-state index contributed by atoms with van der Waals surface area (Å²) in [6.07, 6.45) is -0.940. The van der Waals surface area contributed by atoms with Crippen molar-refractivity contribution in [2.75, 3.05) is 11.5 Å². The first-order valence-electron chi connectivity index (χ1n) is 5.59. The van der Waals surface area contributed by atoms with E-state index in [2.05, 4.69) is 11.5 Å². The maximum absolute atomic E-state index is 12.1. The number of para-hydroxylation sites is 1. The first-order valence-corrected chi connectivity index (χ1v) is 6.72. The highest BCUT2D eigenvalue weighted by atomic mass is 35.6. The molecule has 0 saturated heterocycles. The van der Waals surface area contributed by atoms with Gasteiger partial charge in [-0.1, -0.05) is 53.0 Å². The van der Waals surface area contributed by atoms with Crippen molar-refractivity contribution in [3.63, 3.8) is 0 Å². The van der Waals surface area contributed by atoms with Crippen molar-refractivity contribution in [2.45, 2.75) is 16.0 Å². The van der Waals surface area contributed by atoms with Gasteiger partial charge in [0, 0.05) is 5.56 Å². The second kappa shape index (κ2) is 5.34. The van der Waals surface area contributed by atoms with Crippen LogP contribution in [0.25, 0.3) is 0 Å². The van der Waals surface area contributed by atoms with Gasteiger partial charge in [-0.15, -0.1) is 0 Å². The summed E-state index contributed by atoms with van der Waals surface area (Å²) in [6.45, 7) is -0.316. The monoisotopic (exact) mass is 325 g/mol. The number of alkyl halides is 3. The van der Waals surface area contributed by atoms with Gasteiger partial charge in [-0.2, -0.15) is 0 Å². The van der Waals surface area contributed by atoms with Gasteiger partial charge in [0.15, 0.2) is 6.04 Å². The molecule has 19 heavy (non-hydrogen) atoms. The Bertz CT molecular complexity index is 492. The number of carbonyl (C=O) groups is 1. The molecular formula is C11H14Cl3N3O2+2. The summed E-state index contributed by atoms with van der Waals surface area (Å²) < 4.78 is 3.36. The van der Waals surface area contributed by atoms with Gasteiger partial charge in [-0.05, 0) is 6.07 Å². The van der Waals surface area contributed by atoms with Gasteiger partial charge in [-0.25, -0.2) is 9.69 Å². The Morgan fingerprint density at radius 2 is 1.95 bits per heavy atom. The van der Waals surface area contributed by atoms with E-state index in [1.165, 1.54) is 4.90 Å². The molecule has 0 bridgehead atoms. The van der Waals surface area contributed by atoms with Crippen LogP contribution in [-0.4, -0.2) is 22.7 Å². The van der Waals surface area contributed by atoms with Crippen molar-refractivity contribution in [3.05, 3.63) is 29.8 Å². The summed E-state index contributed by atoms with van der Waals surface area (Å²) in [5, 5.41) is 0. The van der Waals surface area contributed by atoms with Crippen LogP contribution in [0.3, 0.4) is 0 Å². The lowest BCUT2D eigenvalue weighted by atomic mass is 10.1. The minimum atomic E-state index is -1.63. The summed E-state index contributed by atoms with van der Waals surface area (Å²) in [5.74, 6) is 0. The Morgan fingerprint density at radius 3 is 2.58 bits per heavy atom. The average Bonchev–Trinajstić information content (AvgIpc) is 2.59. The first kappa shape index (κ1) is 14.7. The number of halogens is 3. The molecule has 1 aromatic carbocycles. The van der Waals surface area contributed by atoms with Crippen molar-refractivity contribution in [1.82, 2.24) is 0 Å². The number of benzene rings is 1. The maximum Gasteiger partial charge on any atom is 0.419 e. The number of quaternary nitrogens is 2. The molecule has 0 fully saturated rings. The average molecular weight is 327 g/mol. The van der Waals surface area contributed by atoms with Crippen molar-refractivity contribution in [2.24, 2.45) is 0 Å². The molecule has 8 heteroatoms. The van der Waals surface area contributed by atoms with E-state index >= 15 is 0 Å². The van der Waals surface area contributed by atoms with Crippen LogP contribution in [0.5, 0.6) is 0 Å². The third-order valence-electron chi connectivity index (χ3n) is 2.95. The van der Waals surface area contributed by atoms with Crippen LogP contribution in [0.4, 0.5) is 10.5 Å². The highest BCUT2D eigenvalue weighted by Crippen LogP contribution is 2.35. The molecule has 104 valence electrons. The number of hydrogen-bond donors (Lipinski definition) is 2. The van der Waals surface area contributed by atoms with E-state index in [4.69, 9.17) is 39.5 Å². The molecule has 0 radical (unpaired) electrons. The van der Waals surface area contributed by atoms with Crippen molar-refractivity contribution < 1.29 is 21.0 Å². The topological polar surface area (TPSA) is 84.8 Å². The Balaban J connectivity index is 2.19. The summed E-state index contributed by atoms with van der Waals surface area (Å²) in [6, 6.07) is 7.33. The fourth-order valence-electron chi connectivity index (χ4n) is 2.03. The van der Waals surface area contributed by atoms with Crippen molar-refractivity contribution >= 4 is 46.6 Å². The molecule has 5 nitrogen and oxygen atoms in total. The predicted octanol–water partition coefficient (Wildman–Crippen LogP) is 0.864. The van der Waals surface area contributed by atoms with Gasteiger partial charge >= 0.3 is 6.09 Å². The van der Waals surface area contributed by atoms with E-state index in [1.54, 1.807) is 0 Å². The number of ether oxygens (including phenoxy) is 1. The SMILES string of the molecule is [NH3+][C@@H]1[C@@H]([NH3+])c2ccccc2N1C(=O)OCC(Cl)(Cl)Cl. The molecule has 1 aromatic rings. The van der Waals surface area contributed by atoms with Crippen LogP contribution in [0.2, 0.25) is 0 Å². The Hall–Kier alpha value is -0.720. The van der Waals surface area contributed by atoms with Gasteiger partial charge in [-0.3, -0.25) is 0 Å². The minimum absolute atomic E-state index is 0.114. The summed E-state index contributed by atoms with van der Waals surface area (Å²) >= 11 is 16.7. The van der Waals surface area contributed by atoms with E-state index in [0.29, 0.717) is 0 Å². The largest absolute Gasteiger partial charge is 0.444 e. The maximum atomic E-state index is 12.1. The number of amides is 1. The zero-order valence-corrected chi connectivity index (χ0v) is 12.3. The van der Waals surface area contributed by atoms with Gasteiger partial charge in [0.2, 0.25) is 9.96 Å². The van der Waals surface area contributed by atoms with E-state index in [0.717, 1.165) is 11.3 Å². The smallest absolute Gasteiger partial charge is 0.419 e. The van der Waals surface area contributed by atoms with Crippen LogP contribution in [0, 0.1) is 0 Å². The number of hydrogen-bond acceptors (Lipinski definition) is 2. The van der Waals surface area contributed by atoms with Crippen molar-refractivity contribution in [1.29, 1.82) is 0 Å². The minimum Gasteiger partial charge on any atom is -0.444 e. The van der Waals surface area contributed by atoms with E-state index in [-0.39, 0.29) is 18.8 Å². The number of nitrogens with zero attached hydrogens (tertiary/aromatic N) is 1. The lowest BCUT2D eigenvalue weighted by Gasteiger charge is -2.20. The lowest BCUT2D eigenvalue weighted by Crippen LogP contribution is -2.78. The summed E-state index contributed by atoms with van der Waals surface area (Å²) in [5.41, 5.74) is 9.64. The number of anilines is 1. The highest BCUT2D eigenvalue weighted by Gasteiger charge is 2.44. The standard InChI is InChI=1S/C11H12Cl3N3O2/c12-11(13,14)5-19-10(18)17-7-4-2-1-3-6(7)8(15)9(17)16/h1-4,8-9H,5,15-16H2/p+2/t8-,9-/m0/s1. The van der Waals surface area contributed by atoms with Gasteiger partial charge in [0.05, 0.1) is 5.69 Å². The molecule has 0 saturated carbocycles. The molecule has 2 atom stereocenters. The molecule has 0 aromatic heterocycles. The second-order valence-corrected chi connectivity index (χ2v) is 6.79. The molecule has 0 aliphatic carbocycles. The van der Waals surface area contributed by atoms with Gasteiger partial charge < -0.3 is 16.2 Å². The Morgan fingerprint density at radius 1 is 1.32 bits per heavy atom. The molecular weight excluding hydrogens is 312 g/mol. The summed E-state index contributed by atoms with van der Waals surface area (Å²) in [7, 11) is 0. The molecule has 1 amide bonds. The number of rotatable bonds is 1. The van der Waals surface area contributed by atoms with Crippen LogP contribution >= 0.6 is 34.8 Å². The third kappa shape index (κ3) is 3.07. The Kier molecular flexibility index (Phi) is 4.13. The van der Waals surface area contributed by atoms with E-state index in [1.807, 2.05) is 24.3 Å². The molecule has 1 aliphatic heterocycles. The van der Waals surface area contributed by atoms with Crippen LogP contribution in [-0.2, 0) is 4.74 Å². The summed E-state index contributed by atoms with van der Waals surface area (Å²) in [4.78, 5) is 13.5. The van der Waals surface area contributed by atoms with Crippen molar-refractivity contribution in [3.8, 4) is 0 Å². The zero-order valence-electron chi connectivity index (χ0n) is 9.98. The molecule has 1 aliphatic rings. The molecule has 1 heterocycles. The second-order valence-electron chi connectivity index (χ2n) is 4.27. The van der Waals surface area contributed by atoms with Crippen LogP contribution in [0.15, 0.2) is 24.3 Å². The fraction of sp³-hybridized carbons (Fsp3) is 0.364. The van der Waals surface area contributed by atoms with Gasteiger partial charge in [0.25, 0.3) is 0 Å². The van der Waals surface area contributed by atoms with E-state index < -0.39 is 9.89 Å². The van der Waals surface area contributed by atoms with Crippen LogP contribution in [0.1, 0.15) is 11.6 Å². The molecule has 2 rings (SSSR count). The molecule has 6 N–H and O–H groups in total. The normalized spacial score (nSPS) is 22.3. The first-order chi connectivity index (χ1) is 8.81. The van der Waals surface area contributed by atoms with Crippen LogP contribution < -0.4 is 16.4 Å². The predicted molar refractivity (Wildman–Crippen MR) is 72.9 cm³/mol. The third-order valence-corrected chi connectivity index (χ3v) is 3.28. The molecule has 0 unspecified atom stereocenters. The zero-order chi connectivity index (χ0) is 14.2. The fourth-order valence-corrected chi connectivity index (χ4v) is 2.20.